The average Bonchev–Trinajstić information content (AvgIpc) is 2.76. The molecule has 2 aromatic carbocycles. The van der Waals surface area contributed by atoms with Crippen LogP contribution in [0.5, 0.6) is 0 Å². The van der Waals surface area contributed by atoms with Crippen LogP contribution in [0.1, 0.15) is 22.6 Å². The molecule has 1 fully saturated rings. The molecule has 0 spiro atoms. The fourth-order valence-corrected chi connectivity index (χ4v) is 5.36. The van der Waals surface area contributed by atoms with Crippen LogP contribution in [0.15, 0.2) is 59.5 Å². The number of rotatable bonds is 5. The lowest BCUT2D eigenvalue weighted by atomic mass is 10.0. The number of nitrogens with zero attached hydrogens (tertiary/aromatic N) is 4. The molecule has 1 aliphatic rings. The number of halogens is 1. The highest BCUT2D eigenvalue weighted by molar-refractivity contribution is 7.89. The molecule has 2 heterocycles. The number of aromatic nitrogens is 2. The molecule has 1 saturated heterocycles. The van der Waals surface area contributed by atoms with E-state index in [1.807, 2.05) is 19.9 Å². The lowest BCUT2D eigenvalue weighted by molar-refractivity contribution is 0.383. The molecule has 8 heteroatoms. The number of sulfonamides is 1. The summed E-state index contributed by atoms with van der Waals surface area (Å²) < 4.78 is 41.1. The van der Waals surface area contributed by atoms with Gasteiger partial charge in [-0.05, 0) is 43.7 Å². The van der Waals surface area contributed by atoms with Crippen LogP contribution in [0.4, 0.5) is 10.2 Å². The van der Waals surface area contributed by atoms with Gasteiger partial charge in [-0.1, -0.05) is 30.3 Å². The van der Waals surface area contributed by atoms with Crippen LogP contribution in [-0.2, 0) is 16.4 Å². The molecule has 0 N–H and O–H groups in total. The smallest absolute Gasteiger partial charge is 0.243 e. The summed E-state index contributed by atoms with van der Waals surface area (Å²) in [6, 6.07) is 15.0. The molecule has 0 saturated carbocycles. The normalized spacial score (nSPS) is 15.3. The van der Waals surface area contributed by atoms with E-state index in [0.717, 1.165) is 22.6 Å². The Labute approximate surface area is 182 Å². The van der Waals surface area contributed by atoms with E-state index in [4.69, 9.17) is 0 Å². The van der Waals surface area contributed by atoms with E-state index in [0.29, 0.717) is 43.3 Å². The minimum absolute atomic E-state index is 0.274. The van der Waals surface area contributed by atoms with Crippen molar-refractivity contribution in [2.45, 2.75) is 25.2 Å². The fourth-order valence-electron chi connectivity index (χ4n) is 3.92. The van der Waals surface area contributed by atoms with E-state index in [1.54, 1.807) is 36.4 Å². The summed E-state index contributed by atoms with van der Waals surface area (Å²) in [5.41, 5.74) is 2.64. The van der Waals surface area contributed by atoms with E-state index in [2.05, 4.69) is 14.9 Å². The van der Waals surface area contributed by atoms with Gasteiger partial charge >= 0.3 is 0 Å². The first-order chi connectivity index (χ1) is 14.8. The SMILES string of the molecule is Cc1nc(C)c(Cc2cccc(F)c2)c(N2CCN(S(=O)(=O)c3ccccc3)CC2)n1. The van der Waals surface area contributed by atoms with Crippen LogP contribution in [0.2, 0.25) is 0 Å². The zero-order chi connectivity index (χ0) is 22.0. The quantitative estimate of drug-likeness (QED) is 0.609. The Bertz CT molecular complexity index is 1180. The van der Waals surface area contributed by atoms with Gasteiger partial charge in [0.2, 0.25) is 10.0 Å². The molecule has 0 radical (unpaired) electrons. The van der Waals surface area contributed by atoms with E-state index in [9.17, 15) is 12.8 Å². The Balaban J connectivity index is 1.57. The number of anilines is 1. The van der Waals surface area contributed by atoms with Crippen molar-refractivity contribution in [1.82, 2.24) is 14.3 Å². The minimum Gasteiger partial charge on any atom is -0.354 e. The summed E-state index contributed by atoms with van der Waals surface area (Å²) in [5.74, 6) is 1.19. The van der Waals surface area contributed by atoms with Gasteiger partial charge in [0.25, 0.3) is 0 Å². The third-order valence-corrected chi connectivity index (χ3v) is 7.41. The second-order valence-corrected chi connectivity index (χ2v) is 9.61. The Morgan fingerprint density at radius 2 is 1.65 bits per heavy atom. The zero-order valence-electron chi connectivity index (χ0n) is 17.6. The third-order valence-electron chi connectivity index (χ3n) is 5.49. The number of hydrogen-bond acceptors (Lipinski definition) is 5. The standard InChI is InChI=1S/C23H25FN4O2S/c1-17-22(16-19-7-6-8-20(24)15-19)23(26-18(2)25-17)27-11-13-28(14-12-27)31(29,30)21-9-4-3-5-10-21/h3-10,15H,11-14,16H2,1-2H3. The zero-order valence-corrected chi connectivity index (χ0v) is 18.4. The van der Waals surface area contributed by atoms with Gasteiger partial charge in [-0.25, -0.2) is 22.8 Å². The summed E-state index contributed by atoms with van der Waals surface area (Å²) in [7, 11) is -3.52. The van der Waals surface area contributed by atoms with Crippen molar-refractivity contribution in [2.75, 3.05) is 31.1 Å². The predicted molar refractivity (Wildman–Crippen MR) is 118 cm³/mol. The van der Waals surface area contributed by atoms with Crippen LogP contribution in [0.3, 0.4) is 0 Å². The Morgan fingerprint density at radius 1 is 0.935 bits per heavy atom. The summed E-state index contributed by atoms with van der Waals surface area (Å²) in [4.78, 5) is 11.6. The summed E-state index contributed by atoms with van der Waals surface area (Å²) in [6.07, 6.45) is 0.516. The second kappa shape index (κ2) is 8.72. The van der Waals surface area contributed by atoms with Crippen molar-refractivity contribution < 1.29 is 12.8 Å². The molecule has 1 aromatic heterocycles. The van der Waals surface area contributed by atoms with E-state index >= 15 is 0 Å². The maximum absolute atomic E-state index is 13.7. The Hall–Kier alpha value is -2.84. The monoisotopic (exact) mass is 440 g/mol. The fraction of sp³-hybridized carbons (Fsp3) is 0.304. The summed E-state index contributed by atoms with van der Waals surface area (Å²) in [6.45, 7) is 5.58. The van der Waals surface area contributed by atoms with Crippen molar-refractivity contribution in [3.05, 3.63) is 83.1 Å². The van der Waals surface area contributed by atoms with Crippen molar-refractivity contribution in [1.29, 1.82) is 0 Å². The second-order valence-electron chi connectivity index (χ2n) is 7.67. The van der Waals surface area contributed by atoms with Crippen molar-refractivity contribution in [2.24, 2.45) is 0 Å². The number of piperazine rings is 1. The van der Waals surface area contributed by atoms with Crippen molar-refractivity contribution in [3.63, 3.8) is 0 Å². The highest BCUT2D eigenvalue weighted by Crippen LogP contribution is 2.26. The van der Waals surface area contributed by atoms with Crippen molar-refractivity contribution in [3.8, 4) is 0 Å². The largest absolute Gasteiger partial charge is 0.354 e. The molecule has 162 valence electrons. The number of aryl methyl sites for hydroxylation is 2. The summed E-state index contributed by atoms with van der Waals surface area (Å²) in [5, 5.41) is 0. The van der Waals surface area contributed by atoms with Crippen LogP contribution < -0.4 is 4.90 Å². The van der Waals surface area contributed by atoms with Gasteiger partial charge in [0.05, 0.1) is 4.90 Å². The van der Waals surface area contributed by atoms with Gasteiger partial charge in [0.1, 0.15) is 17.5 Å². The van der Waals surface area contributed by atoms with E-state index < -0.39 is 10.0 Å². The molecule has 0 aliphatic carbocycles. The van der Waals surface area contributed by atoms with Gasteiger partial charge in [0, 0.05) is 43.9 Å². The maximum atomic E-state index is 13.7. The number of benzene rings is 2. The molecule has 3 aromatic rings. The highest BCUT2D eigenvalue weighted by Gasteiger charge is 2.30. The first-order valence-corrected chi connectivity index (χ1v) is 11.7. The van der Waals surface area contributed by atoms with E-state index in [-0.39, 0.29) is 5.82 Å². The van der Waals surface area contributed by atoms with Crippen LogP contribution in [0, 0.1) is 19.7 Å². The molecular weight excluding hydrogens is 415 g/mol. The molecule has 6 nitrogen and oxygen atoms in total. The first kappa shape index (κ1) is 21.4. The van der Waals surface area contributed by atoms with Crippen molar-refractivity contribution >= 4 is 15.8 Å². The van der Waals surface area contributed by atoms with Crippen LogP contribution >= 0.6 is 0 Å². The molecule has 0 bridgehead atoms. The van der Waals surface area contributed by atoms with E-state index in [1.165, 1.54) is 16.4 Å². The maximum Gasteiger partial charge on any atom is 0.243 e. The average molecular weight is 441 g/mol. The number of hydrogen-bond donors (Lipinski definition) is 0. The van der Waals surface area contributed by atoms with Gasteiger partial charge in [0.15, 0.2) is 0 Å². The van der Waals surface area contributed by atoms with Gasteiger partial charge in [-0.3, -0.25) is 0 Å². The summed E-state index contributed by atoms with van der Waals surface area (Å²) >= 11 is 0. The molecule has 0 atom stereocenters. The predicted octanol–water partition coefficient (Wildman–Crippen LogP) is 3.33. The minimum atomic E-state index is -3.52. The van der Waals surface area contributed by atoms with Crippen LogP contribution in [-0.4, -0.2) is 48.9 Å². The molecule has 31 heavy (non-hydrogen) atoms. The lowest BCUT2D eigenvalue weighted by Gasteiger charge is -2.35. The molecule has 1 aliphatic heterocycles. The highest BCUT2D eigenvalue weighted by atomic mass is 32.2. The Kier molecular flexibility index (Phi) is 6.02. The lowest BCUT2D eigenvalue weighted by Crippen LogP contribution is -2.49. The first-order valence-electron chi connectivity index (χ1n) is 10.2. The van der Waals surface area contributed by atoms with Gasteiger partial charge in [-0.15, -0.1) is 0 Å². The molecule has 0 amide bonds. The molecule has 4 rings (SSSR count). The molecular formula is C23H25FN4O2S. The van der Waals surface area contributed by atoms with Gasteiger partial charge in [-0.2, -0.15) is 4.31 Å². The topological polar surface area (TPSA) is 66.4 Å². The van der Waals surface area contributed by atoms with Gasteiger partial charge < -0.3 is 4.90 Å². The Morgan fingerprint density at radius 3 is 2.32 bits per heavy atom. The third kappa shape index (κ3) is 4.60. The molecule has 0 unspecified atom stereocenters. The van der Waals surface area contributed by atoms with Crippen LogP contribution in [0.25, 0.3) is 0 Å².